The quantitative estimate of drug-likeness (QED) is 0.792. The van der Waals surface area contributed by atoms with E-state index in [-0.39, 0.29) is 5.82 Å². The maximum Gasteiger partial charge on any atom is 0.165 e. The number of ether oxygens (including phenoxy) is 1. The van der Waals surface area contributed by atoms with Crippen molar-refractivity contribution in [3.05, 3.63) is 29.6 Å². The summed E-state index contributed by atoms with van der Waals surface area (Å²) in [4.78, 5) is 0. The molecule has 3 heteroatoms. The number of hydrogen-bond acceptors (Lipinski definition) is 2. The van der Waals surface area contributed by atoms with Crippen molar-refractivity contribution in [2.75, 3.05) is 19.7 Å². The molecule has 0 saturated heterocycles. The average molecular weight is 265 g/mol. The summed E-state index contributed by atoms with van der Waals surface area (Å²) in [6.07, 6.45) is 6.83. The lowest BCUT2D eigenvalue weighted by Crippen LogP contribution is -2.28. The molecule has 0 aromatic heterocycles. The molecule has 1 aliphatic carbocycles. The van der Waals surface area contributed by atoms with Gasteiger partial charge in [-0.1, -0.05) is 25.3 Å². The van der Waals surface area contributed by atoms with E-state index >= 15 is 0 Å². The van der Waals surface area contributed by atoms with E-state index in [1.165, 1.54) is 38.2 Å². The van der Waals surface area contributed by atoms with Crippen LogP contribution in [0.25, 0.3) is 0 Å². The minimum absolute atomic E-state index is 0.280. The Bertz CT molecular complexity index is 388. The number of benzene rings is 1. The van der Waals surface area contributed by atoms with Crippen LogP contribution in [0.5, 0.6) is 5.75 Å². The zero-order chi connectivity index (χ0) is 13.5. The Morgan fingerprint density at radius 2 is 2.05 bits per heavy atom. The monoisotopic (exact) mass is 265 g/mol. The minimum atomic E-state index is -0.280. The van der Waals surface area contributed by atoms with Crippen LogP contribution in [0, 0.1) is 18.7 Å². The maximum atomic E-state index is 13.4. The van der Waals surface area contributed by atoms with Gasteiger partial charge >= 0.3 is 0 Å². The first-order valence-corrected chi connectivity index (χ1v) is 7.35. The Morgan fingerprint density at radius 3 is 2.84 bits per heavy atom. The molecular weight excluding hydrogens is 241 g/mol. The van der Waals surface area contributed by atoms with E-state index in [0.29, 0.717) is 12.4 Å². The summed E-state index contributed by atoms with van der Waals surface area (Å²) in [6, 6.07) is 4.96. The maximum absolute atomic E-state index is 13.4. The van der Waals surface area contributed by atoms with Gasteiger partial charge in [0.1, 0.15) is 6.61 Å². The van der Waals surface area contributed by atoms with Crippen LogP contribution in [0.3, 0.4) is 0 Å². The highest BCUT2D eigenvalue weighted by Crippen LogP contribution is 2.22. The third kappa shape index (κ3) is 4.83. The number of hydrogen-bond donors (Lipinski definition) is 1. The average Bonchev–Trinajstić information content (AvgIpc) is 2.43. The Labute approximate surface area is 115 Å². The van der Waals surface area contributed by atoms with E-state index in [2.05, 4.69) is 5.32 Å². The Kier molecular flexibility index (Phi) is 5.64. The molecule has 1 N–H and O–H groups in total. The Morgan fingerprint density at radius 1 is 1.26 bits per heavy atom. The van der Waals surface area contributed by atoms with Crippen molar-refractivity contribution >= 4 is 0 Å². The molecule has 2 nitrogen and oxygen atoms in total. The highest BCUT2D eigenvalue weighted by atomic mass is 19.1. The van der Waals surface area contributed by atoms with Gasteiger partial charge in [0.2, 0.25) is 0 Å². The van der Waals surface area contributed by atoms with Gasteiger partial charge in [-0.3, -0.25) is 0 Å². The van der Waals surface area contributed by atoms with Gasteiger partial charge in [-0.15, -0.1) is 0 Å². The fourth-order valence-electron chi connectivity index (χ4n) is 2.65. The molecule has 1 aromatic carbocycles. The second kappa shape index (κ2) is 7.49. The van der Waals surface area contributed by atoms with E-state index < -0.39 is 0 Å². The summed E-state index contributed by atoms with van der Waals surface area (Å²) in [5.41, 5.74) is 1.02. The zero-order valence-corrected chi connectivity index (χ0v) is 11.8. The van der Waals surface area contributed by atoms with E-state index in [0.717, 1.165) is 24.6 Å². The van der Waals surface area contributed by atoms with Crippen molar-refractivity contribution in [1.29, 1.82) is 0 Å². The molecule has 1 aliphatic rings. The van der Waals surface area contributed by atoms with Crippen molar-refractivity contribution in [2.24, 2.45) is 5.92 Å². The van der Waals surface area contributed by atoms with Crippen molar-refractivity contribution < 1.29 is 9.13 Å². The number of nitrogens with one attached hydrogen (secondary N) is 1. The lowest BCUT2D eigenvalue weighted by molar-refractivity contribution is 0.284. The summed E-state index contributed by atoms with van der Waals surface area (Å²) in [5.74, 6) is 0.904. The topological polar surface area (TPSA) is 21.3 Å². The third-order valence-corrected chi connectivity index (χ3v) is 3.78. The summed E-state index contributed by atoms with van der Waals surface area (Å²) >= 11 is 0. The molecule has 0 atom stereocenters. The molecule has 19 heavy (non-hydrogen) atoms. The van der Waals surface area contributed by atoms with Crippen molar-refractivity contribution in [3.63, 3.8) is 0 Å². The van der Waals surface area contributed by atoms with Gasteiger partial charge in [-0.25, -0.2) is 4.39 Å². The zero-order valence-electron chi connectivity index (χ0n) is 11.8. The van der Waals surface area contributed by atoms with Crippen LogP contribution < -0.4 is 10.1 Å². The molecule has 1 aromatic rings. The minimum Gasteiger partial charge on any atom is -0.489 e. The highest BCUT2D eigenvalue weighted by molar-refractivity contribution is 5.29. The molecule has 1 saturated carbocycles. The fraction of sp³-hybridized carbons (Fsp3) is 0.625. The van der Waals surface area contributed by atoms with Gasteiger partial charge in [0.15, 0.2) is 11.6 Å². The first-order chi connectivity index (χ1) is 9.25. The molecule has 0 aliphatic heterocycles. The second-order valence-electron chi connectivity index (χ2n) is 5.49. The van der Waals surface area contributed by atoms with E-state index in [1.807, 2.05) is 6.92 Å². The van der Waals surface area contributed by atoms with Crippen molar-refractivity contribution in [1.82, 2.24) is 5.32 Å². The van der Waals surface area contributed by atoms with Crippen LogP contribution in [0.15, 0.2) is 18.2 Å². The molecule has 106 valence electrons. The van der Waals surface area contributed by atoms with E-state index in [4.69, 9.17) is 4.74 Å². The SMILES string of the molecule is Cc1ccc(F)c(OCCNCC2CCCCC2)c1. The van der Waals surface area contributed by atoms with E-state index in [9.17, 15) is 4.39 Å². The fourth-order valence-corrected chi connectivity index (χ4v) is 2.65. The first-order valence-electron chi connectivity index (χ1n) is 7.35. The van der Waals surface area contributed by atoms with Crippen LogP contribution in [0.4, 0.5) is 4.39 Å². The van der Waals surface area contributed by atoms with Crippen LogP contribution >= 0.6 is 0 Å². The van der Waals surface area contributed by atoms with Gasteiger partial charge in [0.25, 0.3) is 0 Å². The molecule has 0 radical (unpaired) electrons. The van der Waals surface area contributed by atoms with Gasteiger partial charge < -0.3 is 10.1 Å². The molecule has 0 amide bonds. The molecule has 0 heterocycles. The van der Waals surface area contributed by atoms with Crippen LogP contribution in [-0.4, -0.2) is 19.7 Å². The van der Waals surface area contributed by atoms with Gasteiger partial charge in [0, 0.05) is 6.54 Å². The molecule has 1 fully saturated rings. The summed E-state index contributed by atoms with van der Waals surface area (Å²) in [5, 5.41) is 3.41. The van der Waals surface area contributed by atoms with Crippen LogP contribution in [0.1, 0.15) is 37.7 Å². The lowest BCUT2D eigenvalue weighted by Gasteiger charge is -2.21. The number of aryl methyl sites for hydroxylation is 1. The molecule has 0 spiro atoms. The molecule has 2 rings (SSSR count). The molecule has 0 unspecified atom stereocenters. The van der Waals surface area contributed by atoms with Gasteiger partial charge in [0.05, 0.1) is 0 Å². The predicted octanol–water partition coefficient (Wildman–Crippen LogP) is 3.68. The third-order valence-electron chi connectivity index (χ3n) is 3.78. The molecular formula is C16H24FNO. The van der Waals surface area contributed by atoms with Crippen molar-refractivity contribution in [3.8, 4) is 5.75 Å². The smallest absolute Gasteiger partial charge is 0.165 e. The summed E-state index contributed by atoms with van der Waals surface area (Å²) < 4.78 is 18.9. The summed E-state index contributed by atoms with van der Waals surface area (Å²) in [6.45, 7) is 4.31. The number of rotatable bonds is 6. The van der Waals surface area contributed by atoms with E-state index in [1.54, 1.807) is 12.1 Å². The van der Waals surface area contributed by atoms with Crippen LogP contribution in [-0.2, 0) is 0 Å². The van der Waals surface area contributed by atoms with Crippen LogP contribution in [0.2, 0.25) is 0 Å². The highest BCUT2D eigenvalue weighted by Gasteiger charge is 2.12. The van der Waals surface area contributed by atoms with Gasteiger partial charge in [-0.05, 0) is 49.9 Å². The van der Waals surface area contributed by atoms with Crippen molar-refractivity contribution in [2.45, 2.75) is 39.0 Å². The molecule has 0 bridgehead atoms. The number of halogens is 1. The summed E-state index contributed by atoms with van der Waals surface area (Å²) in [7, 11) is 0. The second-order valence-corrected chi connectivity index (χ2v) is 5.49. The Hall–Kier alpha value is -1.09. The standard InChI is InChI=1S/C16H24FNO/c1-13-7-8-15(17)16(11-13)19-10-9-18-12-14-5-3-2-4-6-14/h7-8,11,14,18H,2-6,9-10,12H2,1H3. The normalized spacial score (nSPS) is 16.5. The predicted molar refractivity (Wildman–Crippen MR) is 76.1 cm³/mol. The van der Waals surface area contributed by atoms with Gasteiger partial charge in [-0.2, -0.15) is 0 Å². The lowest BCUT2D eigenvalue weighted by atomic mass is 9.89. The largest absolute Gasteiger partial charge is 0.489 e. The first kappa shape index (κ1) is 14.3. The Balaban J connectivity index is 1.62.